The number of aliphatic hydroxyl groups is 2. The van der Waals surface area contributed by atoms with Crippen molar-refractivity contribution in [2.45, 2.75) is 64.3 Å². The van der Waals surface area contributed by atoms with Gasteiger partial charge in [0.15, 0.2) is 0 Å². The van der Waals surface area contributed by atoms with Crippen LogP contribution in [0.15, 0.2) is 0 Å². The van der Waals surface area contributed by atoms with Crippen LogP contribution in [0.25, 0.3) is 0 Å². The van der Waals surface area contributed by atoms with Crippen LogP contribution in [0, 0.1) is 11.8 Å². The van der Waals surface area contributed by atoms with E-state index < -0.39 is 0 Å². The van der Waals surface area contributed by atoms with E-state index in [1.54, 1.807) is 0 Å². The van der Waals surface area contributed by atoms with Gasteiger partial charge in [-0.15, -0.1) is 0 Å². The van der Waals surface area contributed by atoms with E-state index in [2.05, 4.69) is 25.7 Å². The van der Waals surface area contributed by atoms with Gasteiger partial charge in [0, 0.05) is 19.6 Å². The molecule has 1 saturated carbocycles. The lowest BCUT2D eigenvalue weighted by molar-refractivity contribution is -0.154. The van der Waals surface area contributed by atoms with E-state index in [0.29, 0.717) is 5.92 Å². The molecule has 4 heteroatoms. The molecule has 1 saturated heterocycles. The van der Waals surface area contributed by atoms with E-state index in [1.165, 1.54) is 12.8 Å². The molecule has 2 aliphatic rings. The zero-order valence-corrected chi connectivity index (χ0v) is 13.2. The van der Waals surface area contributed by atoms with Crippen molar-refractivity contribution in [2.75, 3.05) is 26.2 Å². The highest BCUT2D eigenvalue weighted by Gasteiger charge is 2.36. The first-order chi connectivity index (χ1) is 9.43. The number of rotatable bonds is 4. The van der Waals surface area contributed by atoms with Crippen LogP contribution in [-0.2, 0) is 4.74 Å². The third-order valence-corrected chi connectivity index (χ3v) is 4.88. The van der Waals surface area contributed by atoms with Crippen LogP contribution < -0.4 is 0 Å². The topological polar surface area (TPSA) is 52.9 Å². The highest BCUT2D eigenvalue weighted by Crippen LogP contribution is 2.33. The second-order valence-corrected chi connectivity index (χ2v) is 7.29. The maximum absolute atomic E-state index is 10.3. The lowest BCUT2D eigenvalue weighted by atomic mass is 9.78. The highest BCUT2D eigenvalue weighted by molar-refractivity contribution is 4.88. The van der Waals surface area contributed by atoms with Crippen molar-refractivity contribution < 1.29 is 14.9 Å². The first-order valence-corrected chi connectivity index (χ1v) is 8.12. The molecule has 118 valence electrons. The second-order valence-electron chi connectivity index (χ2n) is 7.29. The molecule has 4 atom stereocenters. The summed E-state index contributed by atoms with van der Waals surface area (Å²) in [5.74, 6) is 1.15. The van der Waals surface area contributed by atoms with Gasteiger partial charge in [-0.2, -0.15) is 0 Å². The highest BCUT2D eigenvalue weighted by atomic mass is 16.5. The van der Waals surface area contributed by atoms with Crippen molar-refractivity contribution in [3.8, 4) is 0 Å². The number of hydrogen-bond donors (Lipinski definition) is 2. The smallest absolute Gasteiger partial charge is 0.0940 e. The van der Waals surface area contributed by atoms with E-state index in [4.69, 9.17) is 4.74 Å². The fraction of sp³-hybridized carbons (Fsp3) is 1.00. The predicted molar refractivity (Wildman–Crippen MR) is 79.6 cm³/mol. The van der Waals surface area contributed by atoms with Gasteiger partial charge in [0.05, 0.1) is 24.4 Å². The van der Waals surface area contributed by atoms with E-state index in [-0.39, 0.29) is 24.4 Å². The van der Waals surface area contributed by atoms with Crippen LogP contribution in [0.4, 0.5) is 0 Å². The number of morpholine rings is 1. The predicted octanol–water partition coefficient (Wildman–Crippen LogP) is 1.65. The molecule has 0 radical (unpaired) electrons. The van der Waals surface area contributed by atoms with Crippen LogP contribution in [0.2, 0.25) is 0 Å². The Morgan fingerprint density at radius 1 is 1.30 bits per heavy atom. The molecule has 0 bridgehead atoms. The minimum atomic E-state index is -0.213. The molecule has 2 N–H and O–H groups in total. The third kappa shape index (κ3) is 4.17. The normalized spacial score (nSPS) is 38.9. The summed E-state index contributed by atoms with van der Waals surface area (Å²) in [5.41, 5.74) is -0.213. The molecule has 0 amide bonds. The molecule has 0 spiro atoms. The summed E-state index contributed by atoms with van der Waals surface area (Å²) in [7, 11) is 0. The van der Waals surface area contributed by atoms with Gasteiger partial charge in [-0.1, -0.05) is 13.3 Å². The van der Waals surface area contributed by atoms with Gasteiger partial charge in [0.2, 0.25) is 0 Å². The summed E-state index contributed by atoms with van der Waals surface area (Å²) >= 11 is 0. The third-order valence-electron chi connectivity index (χ3n) is 4.88. The number of hydrogen-bond acceptors (Lipinski definition) is 4. The molecule has 0 aromatic carbocycles. The van der Waals surface area contributed by atoms with Crippen molar-refractivity contribution in [1.82, 2.24) is 4.90 Å². The van der Waals surface area contributed by atoms with Crippen molar-refractivity contribution in [3.63, 3.8) is 0 Å². The Morgan fingerprint density at radius 2 is 2.05 bits per heavy atom. The van der Waals surface area contributed by atoms with E-state index in [1.807, 2.05) is 0 Å². The SMILES string of the molecule is CCC1CCC(O)C(CN2CC(CO)OC(C)(C)C2)C1. The van der Waals surface area contributed by atoms with Gasteiger partial charge in [0.25, 0.3) is 0 Å². The van der Waals surface area contributed by atoms with Crippen molar-refractivity contribution in [3.05, 3.63) is 0 Å². The minimum absolute atomic E-state index is 0.0741. The average Bonchev–Trinajstić information content (AvgIpc) is 2.39. The van der Waals surface area contributed by atoms with Crippen LogP contribution >= 0.6 is 0 Å². The zero-order chi connectivity index (χ0) is 14.8. The van der Waals surface area contributed by atoms with Crippen molar-refractivity contribution in [1.29, 1.82) is 0 Å². The number of ether oxygens (including phenoxy) is 1. The molecule has 0 aromatic rings. The Morgan fingerprint density at radius 3 is 2.70 bits per heavy atom. The van der Waals surface area contributed by atoms with E-state index >= 15 is 0 Å². The maximum Gasteiger partial charge on any atom is 0.0940 e. The molecule has 1 aliphatic carbocycles. The monoisotopic (exact) mass is 285 g/mol. The standard InChI is InChI=1S/C16H31NO3/c1-4-12-5-6-15(19)13(7-12)8-17-9-14(10-18)20-16(2,3)11-17/h12-15,18-19H,4-11H2,1-3H3. The Kier molecular flexibility index (Phi) is 5.46. The van der Waals surface area contributed by atoms with Gasteiger partial charge in [-0.3, -0.25) is 4.90 Å². The summed E-state index contributed by atoms with van der Waals surface area (Å²) in [6, 6.07) is 0. The molecular formula is C16H31NO3. The van der Waals surface area contributed by atoms with Gasteiger partial charge < -0.3 is 14.9 Å². The van der Waals surface area contributed by atoms with Crippen LogP contribution in [0.3, 0.4) is 0 Å². The maximum atomic E-state index is 10.3. The van der Waals surface area contributed by atoms with Crippen LogP contribution in [0.1, 0.15) is 46.5 Å². The molecule has 0 aromatic heterocycles. The molecule has 20 heavy (non-hydrogen) atoms. The zero-order valence-electron chi connectivity index (χ0n) is 13.2. The molecule has 1 aliphatic heterocycles. The summed E-state index contributed by atoms with van der Waals surface area (Å²) in [6.45, 7) is 9.07. The summed E-state index contributed by atoms with van der Waals surface area (Å²) in [4.78, 5) is 2.37. The van der Waals surface area contributed by atoms with Gasteiger partial charge in [0.1, 0.15) is 0 Å². The molecule has 4 unspecified atom stereocenters. The lowest BCUT2D eigenvalue weighted by Crippen LogP contribution is -2.55. The first-order valence-electron chi connectivity index (χ1n) is 8.12. The quantitative estimate of drug-likeness (QED) is 0.824. The average molecular weight is 285 g/mol. The first kappa shape index (κ1) is 16.2. The molecule has 2 fully saturated rings. The number of aliphatic hydroxyl groups excluding tert-OH is 2. The lowest BCUT2D eigenvalue weighted by Gasteiger charge is -2.45. The molecule has 1 heterocycles. The second kappa shape index (κ2) is 6.73. The summed E-state index contributed by atoms with van der Waals surface area (Å²) in [5, 5.41) is 19.6. The number of nitrogens with zero attached hydrogens (tertiary/aromatic N) is 1. The summed E-state index contributed by atoms with van der Waals surface area (Å²) in [6.07, 6.45) is 4.22. The van der Waals surface area contributed by atoms with Crippen LogP contribution in [-0.4, -0.2) is 59.2 Å². The van der Waals surface area contributed by atoms with Crippen molar-refractivity contribution in [2.24, 2.45) is 11.8 Å². The van der Waals surface area contributed by atoms with E-state index in [0.717, 1.165) is 38.4 Å². The van der Waals surface area contributed by atoms with Gasteiger partial charge in [-0.25, -0.2) is 0 Å². The van der Waals surface area contributed by atoms with Gasteiger partial charge in [-0.05, 0) is 44.9 Å². The van der Waals surface area contributed by atoms with E-state index in [9.17, 15) is 10.2 Å². The Balaban J connectivity index is 1.93. The summed E-state index contributed by atoms with van der Waals surface area (Å²) < 4.78 is 5.86. The Labute approximate surface area is 123 Å². The van der Waals surface area contributed by atoms with Crippen LogP contribution in [0.5, 0.6) is 0 Å². The fourth-order valence-electron chi connectivity index (χ4n) is 3.89. The molecule has 4 nitrogen and oxygen atoms in total. The Bertz CT molecular complexity index is 308. The molecule has 2 rings (SSSR count). The van der Waals surface area contributed by atoms with Gasteiger partial charge >= 0.3 is 0 Å². The Hall–Kier alpha value is -0.160. The fourth-order valence-corrected chi connectivity index (χ4v) is 3.89. The molecular weight excluding hydrogens is 254 g/mol. The van der Waals surface area contributed by atoms with Crippen molar-refractivity contribution >= 4 is 0 Å². The minimum Gasteiger partial charge on any atom is -0.394 e. The largest absolute Gasteiger partial charge is 0.394 e.